The molecule has 0 aromatic heterocycles. The summed E-state index contributed by atoms with van der Waals surface area (Å²) in [4.78, 5) is 23.9. The van der Waals surface area contributed by atoms with Crippen LogP contribution in [0.25, 0.3) is 0 Å². The van der Waals surface area contributed by atoms with Crippen molar-refractivity contribution in [2.24, 2.45) is 0 Å². The number of anilines is 1. The first-order chi connectivity index (χ1) is 8.93. The Morgan fingerprint density at radius 2 is 2.00 bits per heavy atom. The van der Waals surface area contributed by atoms with Gasteiger partial charge < -0.3 is 10.4 Å². The van der Waals surface area contributed by atoms with Crippen molar-refractivity contribution in [3.63, 3.8) is 0 Å². The van der Waals surface area contributed by atoms with Crippen molar-refractivity contribution in [2.75, 3.05) is 25.5 Å². The van der Waals surface area contributed by atoms with Crippen molar-refractivity contribution in [3.05, 3.63) is 29.3 Å². The monoisotopic (exact) mass is 264 g/mol. The van der Waals surface area contributed by atoms with E-state index in [1.807, 2.05) is 32.0 Å². The van der Waals surface area contributed by atoms with Gasteiger partial charge in [-0.15, -0.1) is 0 Å². The van der Waals surface area contributed by atoms with E-state index in [1.165, 1.54) is 4.90 Å². The molecule has 0 radical (unpaired) electrons. The molecule has 1 amide bonds. The quantitative estimate of drug-likeness (QED) is 0.817. The zero-order valence-electron chi connectivity index (χ0n) is 11.6. The molecule has 0 atom stereocenters. The number of benzene rings is 1. The third-order valence-corrected chi connectivity index (χ3v) is 2.82. The summed E-state index contributed by atoms with van der Waals surface area (Å²) in [6.07, 6.45) is 0.836. The number of amides is 1. The average molecular weight is 264 g/mol. The number of carboxylic acid groups (broad SMARTS) is 1. The smallest absolute Gasteiger partial charge is 0.317 e. The van der Waals surface area contributed by atoms with Crippen LogP contribution in [-0.4, -0.2) is 42.0 Å². The Kier molecular flexibility index (Phi) is 5.51. The van der Waals surface area contributed by atoms with Gasteiger partial charge in [-0.05, 0) is 31.5 Å². The summed E-state index contributed by atoms with van der Waals surface area (Å²) < 4.78 is 0. The van der Waals surface area contributed by atoms with E-state index >= 15 is 0 Å². The molecule has 19 heavy (non-hydrogen) atoms. The molecule has 1 aromatic rings. The van der Waals surface area contributed by atoms with Gasteiger partial charge in [0.2, 0.25) is 5.91 Å². The summed E-state index contributed by atoms with van der Waals surface area (Å²) in [5.74, 6) is -1.15. The molecule has 0 saturated carbocycles. The second kappa shape index (κ2) is 6.89. The van der Waals surface area contributed by atoms with Crippen LogP contribution in [0.3, 0.4) is 0 Å². The lowest BCUT2D eigenvalue weighted by molar-refractivity contribution is -0.138. The number of carbonyl (C=O) groups excluding carboxylic acids is 1. The van der Waals surface area contributed by atoms with Crippen molar-refractivity contribution in [1.82, 2.24) is 4.90 Å². The first kappa shape index (κ1) is 15.2. The van der Waals surface area contributed by atoms with Gasteiger partial charge in [-0.1, -0.05) is 25.1 Å². The first-order valence-corrected chi connectivity index (χ1v) is 6.22. The molecule has 1 aromatic carbocycles. The van der Waals surface area contributed by atoms with Gasteiger partial charge in [-0.2, -0.15) is 0 Å². The fourth-order valence-electron chi connectivity index (χ4n) is 1.91. The third kappa shape index (κ3) is 4.71. The van der Waals surface area contributed by atoms with Gasteiger partial charge in [0.25, 0.3) is 0 Å². The first-order valence-electron chi connectivity index (χ1n) is 6.22. The van der Waals surface area contributed by atoms with E-state index in [4.69, 9.17) is 5.11 Å². The van der Waals surface area contributed by atoms with Gasteiger partial charge >= 0.3 is 5.97 Å². The Morgan fingerprint density at radius 3 is 2.58 bits per heavy atom. The van der Waals surface area contributed by atoms with E-state index in [0.29, 0.717) is 0 Å². The Morgan fingerprint density at radius 1 is 1.32 bits per heavy atom. The lowest BCUT2D eigenvalue weighted by Gasteiger charge is -2.16. The molecule has 0 bridgehead atoms. The minimum absolute atomic E-state index is 0.0593. The Bertz CT molecular complexity index is 472. The number of rotatable bonds is 6. The number of hydrogen-bond donors (Lipinski definition) is 2. The molecule has 0 spiro atoms. The number of likely N-dealkylation sites (N-methyl/N-ethyl adjacent to an activating group) is 1. The highest BCUT2D eigenvalue weighted by Gasteiger charge is 2.12. The largest absolute Gasteiger partial charge is 0.480 e. The summed E-state index contributed by atoms with van der Waals surface area (Å²) >= 11 is 0. The van der Waals surface area contributed by atoms with Crippen LogP contribution >= 0.6 is 0 Å². The van der Waals surface area contributed by atoms with Crippen LogP contribution in [0.5, 0.6) is 0 Å². The van der Waals surface area contributed by atoms with Gasteiger partial charge in [0, 0.05) is 5.69 Å². The maximum atomic E-state index is 11.9. The molecule has 1 rings (SSSR count). The van der Waals surface area contributed by atoms with Crippen molar-refractivity contribution < 1.29 is 14.7 Å². The van der Waals surface area contributed by atoms with Crippen LogP contribution in [0, 0.1) is 6.92 Å². The van der Waals surface area contributed by atoms with E-state index < -0.39 is 5.97 Å². The van der Waals surface area contributed by atoms with Gasteiger partial charge in [-0.25, -0.2) is 0 Å². The molecule has 2 N–H and O–H groups in total. The molecule has 5 heteroatoms. The maximum Gasteiger partial charge on any atom is 0.317 e. The van der Waals surface area contributed by atoms with E-state index in [9.17, 15) is 9.59 Å². The highest BCUT2D eigenvalue weighted by molar-refractivity contribution is 5.94. The summed E-state index contributed by atoms with van der Waals surface area (Å²) in [5.41, 5.74) is 2.92. The summed E-state index contributed by atoms with van der Waals surface area (Å²) in [7, 11) is 1.60. The van der Waals surface area contributed by atoms with Gasteiger partial charge in [0.05, 0.1) is 13.1 Å². The third-order valence-electron chi connectivity index (χ3n) is 2.82. The number of aryl methyl sites for hydroxylation is 2. The van der Waals surface area contributed by atoms with E-state index in [0.717, 1.165) is 23.2 Å². The Labute approximate surface area is 113 Å². The summed E-state index contributed by atoms with van der Waals surface area (Å²) in [6, 6.07) is 5.87. The molecular formula is C14H20N2O3. The zero-order chi connectivity index (χ0) is 14.4. The number of hydrogen-bond acceptors (Lipinski definition) is 3. The van der Waals surface area contributed by atoms with Crippen LogP contribution in [0.15, 0.2) is 18.2 Å². The number of para-hydroxylation sites is 1. The standard InChI is InChI=1S/C14H20N2O3/c1-4-11-7-5-6-10(2)14(11)15-12(17)8-16(3)9-13(18)19/h5-7H,4,8-9H2,1-3H3,(H,15,17)(H,18,19). The fraction of sp³-hybridized carbons (Fsp3) is 0.429. The molecule has 0 aliphatic carbocycles. The van der Waals surface area contributed by atoms with Crippen LogP contribution in [-0.2, 0) is 16.0 Å². The van der Waals surface area contributed by atoms with Crippen molar-refractivity contribution in [2.45, 2.75) is 20.3 Å². The molecule has 0 aliphatic rings. The highest BCUT2D eigenvalue weighted by Crippen LogP contribution is 2.20. The van der Waals surface area contributed by atoms with Gasteiger partial charge in [-0.3, -0.25) is 14.5 Å². The van der Waals surface area contributed by atoms with E-state index in [2.05, 4.69) is 5.32 Å². The number of nitrogens with one attached hydrogen (secondary N) is 1. The van der Waals surface area contributed by atoms with Crippen LogP contribution < -0.4 is 5.32 Å². The SMILES string of the molecule is CCc1cccc(C)c1NC(=O)CN(C)CC(=O)O. The normalized spacial score (nSPS) is 10.5. The Hall–Kier alpha value is -1.88. The molecule has 0 unspecified atom stereocenters. The minimum atomic E-state index is -0.944. The van der Waals surface area contributed by atoms with Gasteiger partial charge in [0.1, 0.15) is 0 Å². The molecule has 0 fully saturated rings. The van der Waals surface area contributed by atoms with Crippen molar-refractivity contribution in [1.29, 1.82) is 0 Å². The molecule has 0 heterocycles. The number of carbonyl (C=O) groups is 2. The zero-order valence-corrected chi connectivity index (χ0v) is 11.6. The van der Waals surface area contributed by atoms with Crippen molar-refractivity contribution in [3.8, 4) is 0 Å². The maximum absolute atomic E-state index is 11.9. The van der Waals surface area contributed by atoms with Crippen LogP contribution in [0.4, 0.5) is 5.69 Å². The second-order valence-corrected chi connectivity index (χ2v) is 4.58. The molecule has 0 aliphatic heterocycles. The van der Waals surface area contributed by atoms with Gasteiger partial charge in [0.15, 0.2) is 0 Å². The second-order valence-electron chi connectivity index (χ2n) is 4.58. The minimum Gasteiger partial charge on any atom is -0.480 e. The number of aliphatic carboxylic acids is 1. The highest BCUT2D eigenvalue weighted by atomic mass is 16.4. The predicted octanol–water partition coefficient (Wildman–Crippen LogP) is 1.51. The predicted molar refractivity (Wildman–Crippen MR) is 74.3 cm³/mol. The fourth-order valence-corrected chi connectivity index (χ4v) is 1.91. The topological polar surface area (TPSA) is 69.6 Å². The van der Waals surface area contributed by atoms with E-state index in [1.54, 1.807) is 7.05 Å². The summed E-state index contributed by atoms with van der Waals surface area (Å²) in [5, 5.41) is 11.5. The Balaban J connectivity index is 2.69. The lowest BCUT2D eigenvalue weighted by atomic mass is 10.1. The number of carboxylic acids is 1. The molecule has 104 valence electrons. The number of nitrogens with zero attached hydrogens (tertiary/aromatic N) is 1. The van der Waals surface area contributed by atoms with Crippen LogP contribution in [0.2, 0.25) is 0 Å². The van der Waals surface area contributed by atoms with Crippen LogP contribution in [0.1, 0.15) is 18.1 Å². The van der Waals surface area contributed by atoms with E-state index in [-0.39, 0.29) is 19.0 Å². The summed E-state index contributed by atoms with van der Waals surface area (Å²) in [6.45, 7) is 3.88. The average Bonchev–Trinajstić information content (AvgIpc) is 2.30. The molecule has 5 nitrogen and oxygen atoms in total. The molecular weight excluding hydrogens is 244 g/mol. The molecule has 0 saturated heterocycles. The van der Waals surface area contributed by atoms with Crippen molar-refractivity contribution >= 4 is 17.6 Å². The lowest BCUT2D eigenvalue weighted by Crippen LogP contribution is -2.34.